The highest BCUT2D eigenvalue weighted by Gasteiger charge is 2.23. The number of benzene rings is 2. The van der Waals surface area contributed by atoms with E-state index in [0.29, 0.717) is 5.75 Å². The SMILES string of the molecule is COC(=O)[C@H](Cc1ccc(OC)cc1)NC(=O)c1ccccc1F. The van der Waals surface area contributed by atoms with Gasteiger partial charge >= 0.3 is 5.97 Å². The first-order valence-electron chi connectivity index (χ1n) is 7.31. The van der Waals surface area contributed by atoms with Gasteiger partial charge in [-0.2, -0.15) is 0 Å². The van der Waals surface area contributed by atoms with Crippen LogP contribution in [0, 0.1) is 5.82 Å². The molecular weight excluding hydrogens is 313 g/mol. The average molecular weight is 331 g/mol. The molecule has 2 rings (SSSR count). The van der Waals surface area contributed by atoms with Gasteiger partial charge in [-0.15, -0.1) is 0 Å². The Bertz CT molecular complexity index is 715. The van der Waals surface area contributed by atoms with Crippen molar-refractivity contribution in [3.63, 3.8) is 0 Å². The van der Waals surface area contributed by atoms with E-state index in [1.807, 2.05) is 0 Å². The number of carbonyl (C=O) groups excluding carboxylic acids is 2. The molecule has 1 amide bonds. The summed E-state index contributed by atoms with van der Waals surface area (Å²) >= 11 is 0. The summed E-state index contributed by atoms with van der Waals surface area (Å²) in [6.07, 6.45) is 0.219. The first-order chi connectivity index (χ1) is 11.5. The van der Waals surface area contributed by atoms with Gasteiger partial charge in [-0.05, 0) is 29.8 Å². The fraction of sp³-hybridized carbons (Fsp3) is 0.222. The number of nitrogens with one attached hydrogen (secondary N) is 1. The van der Waals surface area contributed by atoms with Crippen molar-refractivity contribution in [2.75, 3.05) is 14.2 Å². The van der Waals surface area contributed by atoms with Crippen molar-refractivity contribution >= 4 is 11.9 Å². The minimum Gasteiger partial charge on any atom is -0.497 e. The number of methoxy groups -OCH3 is 2. The van der Waals surface area contributed by atoms with Crippen molar-refractivity contribution < 1.29 is 23.5 Å². The summed E-state index contributed by atoms with van der Waals surface area (Å²) in [7, 11) is 2.79. The molecule has 5 nitrogen and oxygen atoms in total. The molecule has 0 radical (unpaired) electrons. The molecule has 0 spiro atoms. The van der Waals surface area contributed by atoms with E-state index in [4.69, 9.17) is 9.47 Å². The molecule has 0 fully saturated rings. The first-order valence-corrected chi connectivity index (χ1v) is 7.31. The van der Waals surface area contributed by atoms with Crippen LogP contribution in [0.1, 0.15) is 15.9 Å². The fourth-order valence-corrected chi connectivity index (χ4v) is 2.21. The molecule has 6 heteroatoms. The summed E-state index contributed by atoms with van der Waals surface area (Å²) in [6, 6.07) is 11.7. The molecule has 0 saturated carbocycles. The Kier molecular flexibility index (Phi) is 5.89. The van der Waals surface area contributed by atoms with Crippen LogP contribution in [0.5, 0.6) is 5.75 Å². The molecule has 0 saturated heterocycles. The molecule has 0 aromatic heterocycles. The van der Waals surface area contributed by atoms with Gasteiger partial charge in [0, 0.05) is 6.42 Å². The van der Waals surface area contributed by atoms with E-state index in [1.165, 1.54) is 25.3 Å². The predicted molar refractivity (Wildman–Crippen MR) is 86.4 cm³/mol. The second-order valence-corrected chi connectivity index (χ2v) is 5.08. The molecule has 2 aromatic carbocycles. The molecule has 0 aliphatic carbocycles. The monoisotopic (exact) mass is 331 g/mol. The van der Waals surface area contributed by atoms with Crippen molar-refractivity contribution in [2.24, 2.45) is 0 Å². The molecule has 0 bridgehead atoms. The second kappa shape index (κ2) is 8.10. The quantitative estimate of drug-likeness (QED) is 0.825. The van der Waals surface area contributed by atoms with Crippen LogP contribution in [0.15, 0.2) is 48.5 Å². The van der Waals surface area contributed by atoms with Gasteiger partial charge in [0.15, 0.2) is 0 Å². The number of ether oxygens (including phenoxy) is 2. The van der Waals surface area contributed by atoms with Crippen LogP contribution in [-0.2, 0) is 16.0 Å². The Hall–Kier alpha value is -2.89. The second-order valence-electron chi connectivity index (χ2n) is 5.08. The topological polar surface area (TPSA) is 64.6 Å². The van der Waals surface area contributed by atoms with Crippen molar-refractivity contribution in [1.82, 2.24) is 5.32 Å². The van der Waals surface area contributed by atoms with Gasteiger partial charge in [0.1, 0.15) is 17.6 Å². The van der Waals surface area contributed by atoms with Crippen LogP contribution in [0.25, 0.3) is 0 Å². The zero-order valence-electron chi connectivity index (χ0n) is 13.4. The molecule has 1 N–H and O–H groups in total. The van der Waals surface area contributed by atoms with Crippen molar-refractivity contribution in [3.8, 4) is 5.75 Å². The van der Waals surface area contributed by atoms with E-state index in [0.717, 1.165) is 5.56 Å². The minimum absolute atomic E-state index is 0.124. The summed E-state index contributed by atoms with van der Waals surface area (Å²) in [5, 5.41) is 2.52. The summed E-state index contributed by atoms with van der Waals surface area (Å²) < 4.78 is 23.5. The van der Waals surface area contributed by atoms with Crippen LogP contribution >= 0.6 is 0 Å². The summed E-state index contributed by atoms with van der Waals surface area (Å²) in [4.78, 5) is 24.1. The molecule has 0 aliphatic heterocycles. The van der Waals surface area contributed by atoms with E-state index in [9.17, 15) is 14.0 Å². The van der Waals surface area contributed by atoms with E-state index in [-0.39, 0.29) is 12.0 Å². The highest BCUT2D eigenvalue weighted by atomic mass is 19.1. The number of rotatable bonds is 6. The number of halogens is 1. The zero-order chi connectivity index (χ0) is 17.5. The molecule has 24 heavy (non-hydrogen) atoms. The molecule has 0 aliphatic rings. The van der Waals surface area contributed by atoms with Crippen LogP contribution in [0.3, 0.4) is 0 Å². The summed E-state index contributed by atoms with van der Waals surface area (Å²) in [6.45, 7) is 0. The maximum Gasteiger partial charge on any atom is 0.328 e. The van der Waals surface area contributed by atoms with Gasteiger partial charge in [0.05, 0.1) is 19.8 Å². The maximum absolute atomic E-state index is 13.7. The molecule has 0 heterocycles. The summed E-state index contributed by atoms with van der Waals surface area (Å²) in [5.41, 5.74) is 0.682. The van der Waals surface area contributed by atoms with Crippen LogP contribution in [-0.4, -0.2) is 32.1 Å². The van der Waals surface area contributed by atoms with Crippen molar-refractivity contribution in [1.29, 1.82) is 0 Å². The fourth-order valence-electron chi connectivity index (χ4n) is 2.21. The molecule has 126 valence electrons. The molecule has 2 aromatic rings. The highest BCUT2D eigenvalue weighted by molar-refractivity contribution is 5.97. The Morgan fingerprint density at radius 1 is 1.08 bits per heavy atom. The van der Waals surface area contributed by atoms with E-state index in [1.54, 1.807) is 37.4 Å². The smallest absolute Gasteiger partial charge is 0.328 e. The third-order valence-electron chi connectivity index (χ3n) is 3.51. The van der Waals surface area contributed by atoms with Gasteiger partial charge in [-0.3, -0.25) is 4.79 Å². The zero-order valence-corrected chi connectivity index (χ0v) is 13.4. The third-order valence-corrected chi connectivity index (χ3v) is 3.51. The standard InChI is InChI=1S/C18H18FNO4/c1-23-13-9-7-12(8-10-13)11-16(18(22)24-2)20-17(21)14-5-3-4-6-15(14)19/h3-10,16H,11H2,1-2H3,(H,20,21)/t16-/m0/s1. The van der Waals surface area contributed by atoms with Gasteiger partial charge < -0.3 is 14.8 Å². The lowest BCUT2D eigenvalue weighted by molar-refractivity contribution is -0.142. The largest absolute Gasteiger partial charge is 0.497 e. The van der Waals surface area contributed by atoms with Crippen LogP contribution in [0.2, 0.25) is 0 Å². The number of carbonyl (C=O) groups is 2. The third kappa shape index (κ3) is 4.32. The molecule has 0 unspecified atom stereocenters. The lowest BCUT2D eigenvalue weighted by Gasteiger charge is -2.17. The minimum atomic E-state index is -0.921. The number of esters is 1. The Labute approximate surface area is 139 Å². The number of hydrogen-bond donors (Lipinski definition) is 1. The van der Waals surface area contributed by atoms with E-state index < -0.39 is 23.7 Å². The Balaban J connectivity index is 2.14. The normalized spacial score (nSPS) is 11.5. The van der Waals surface area contributed by atoms with E-state index >= 15 is 0 Å². The lowest BCUT2D eigenvalue weighted by atomic mass is 10.0. The number of amides is 1. The van der Waals surface area contributed by atoms with Gasteiger partial charge in [0.2, 0.25) is 0 Å². The first kappa shape index (κ1) is 17.5. The van der Waals surface area contributed by atoms with Crippen LogP contribution < -0.4 is 10.1 Å². The average Bonchev–Trinajstić information content (AvgIpc) is 2.61. The summed E-state index contributed by atoms with van der Waals surface area (Å²) in [5.74, 6) is -1.24. The molecule has 1 atom stereocenters. The predicted octanol–water partition coefficient (Wildman–Crippen LogP) is 2.35. The number of hydrogen-bond acceptors (Lipinski definition) is 4. The van der Waals surface area contributed by atoms with Crippen LogP contribution in [0.4, 0.5) is 4.39 Å². The molecular formula is C18H18FNO4. The van der Waals surface area contributed by atoms with Crippen molar-refractivity contribution in [2.45, 2.75) is 12.5 Å². The van der Waals surface area contributed by atoms with Crippen molar-refractivity contribution in [3.05, 3.63) is 65.5 Å². The Morgan fingerprint density at radius 3 is 2.33 bits per heavy atom. The Morgan fingerprint density at radius 2 is 1.75 bits per heavy atom. The lowest BCUT2D eigenvalue weighted by Crippen LogP contribution is -2.43. The van der Waals surface area contributed by atoms with Gasteiger partial charge in [-0.1, -0.05) is 24.3 Å². The maximum atomic E-state index is 13.7. The van der Waals surface area contributed by atoms with E-state index in [2.05, 4.69) is 5.32 Å². The van der Waals surface area contributed by atoms with Gasteiger partial charge in [0.25, 0.3) is 5.91 Å². The van der Waals surface area contributed by atoms with Gasteiger partial charge in [-0.25, -0.2) is 9.18 Å². The highest BCUT2D eigenvalue weighted by Crippen LogP contribution is 2.14.